The van der Waals surface area contributed by atoms with Gasteiger partial charge in [0.2, 0.25) is 5.91 Å². The monoisotopic (exact) mass is 549 g/mol. The number of aromatic amines is 1. The van der Waals surface area contributed by atoms with Crippen molar-refractivity contribution in [3.05, 3.63) is 115 Å². The second-order valence-electron chi connectivity index (χ2n) is 10.1. The minimum Gasteiger partial charge on any atom is -0.345 e. The number of benzene rings is 3. The third-order valence-corrected chi connectivity index (χ3v) is 7.60. The maximum atomic E-state index is 14.1. The van der Waals surface area contributed by atoms with E-state index in [9.17, 15) is 14.4 Å². The molecule has 10 nitrogen and oxygen atoms in total. The van der Waals surface area contributed by atoms with E-state index < -0.39 is 12.2 Å². The number of carbonyl (C=O) groups is 3. The molecule has 0 unspecified atom stereocenters. The van der Waals surface area contributed by atoms with Gasteiger partial charge in [0.1, 0.15) is 12.2 Å². The summed E-state index contributed by atoms with van der Waals surface area (Å²) in [7, 11) is 0. The first-order chi connectivity index (χ1) is 20.0. The molecule has 2 saturated heterocycles. The maximum absolute atomic E-state index is 14.1. The fraction of sp³-hybridized carbons (Fsp3) is 0.226. The van der Waals surface area contributed by atoms with Gasteiger partial charge in [0.15, 0.2) is 0 Å². The van der Waals surface area contributed by atoms with Gasteiger partial charge in [-0.2, -0.15) is 5.01 Å². The summed E-state index contributed by atoms with van der Waals surface area (Å²) in [6.45, 7) is 4.91. The van der Waals surface area contributed by atoms with Crippen LogP contribution in [-0.4, -0.2) is 73.4 Å². The number of hydrazine groups is 1. The van der Waals surface area contributed by atoms with Crippen LogP contribution >= 0.6 is 0 Å². The Morgan fingerprint density at radius 1 is 1.05 bits per heavy atom. The molecule has 0 spiro atoms. The number of para-hydroxylation sites is 1. The predicted octanol–water partition coefficient (Wildman–Crippen LogP) is 3.43. The molecule has 1 aromatic heterocycles. The summed E-state index contributed by atoms with van der Waals surface area (Å²) < 4.78 is 0. The fourth-order valence-corrected chi connectivity index (χ4v) is 5.69. The zero-order valence-corrected chi connectivity index (χ0v) is 22.5. The normalized spacial score (nSPS) is 18.9. The summed E-state index contributed by atoms with van der Waals surface area (Å²) in [5.74, 6) is -0.379. The molecule has 2 fully saturated rings. The number of rotatable bonds is 8. The molecule has 0 saturated carbocycles. The van der Waals surface area contributed by atoms with Crippen LogP contribution in [-0.2, 0) is 22.7 Å². The highest BCUT2D eigenvalue weighted by atomic mass is 16.2. The average Bonchev–Trinajstić information content (AvgIpc) is 3.61. The molecule has 3 aromatic carbocycles. The topological polar surface area (TPSA) is 105 Å². The van der Waals surface area contributed by atoms with E-state index in [1.165, 1.54) is 5.01 Å². The van der Waals surface area contributed by atoms with Gasteiger partial charge in [-0.15, -0.1) is 6.58 Å². The van der Waals surface area contributed by atoms with Crippen molar-refractivity contribution in [2.45, 2.75) is 25.3 Å². The third kappa shape index (κ3) is 5.05. The largest absolute Gasteiger partial charge is 0.345 e. The van der Waals surface area contributed by atoms with Gasteiger partial charge in [-0.3, -0.25) is 14.6 Å². The van der Waals surface area contributed by atoms with E-state index in [1.807, 2.05) is 78.9 Å². The number of aromatic nitrogens is 2. The Kier molecular flexibility index (Phi) is 7.22. The molecule has 3 heterocycles. The van der Waals surface area contributed by atoms with Gasteiger partial charge in [-0.05, 0) is 22.8 Å². The minimum absolute atomic E-state index is 0.0311. The van der Waals surface area contributed by atoms with Gasteiger partial charge in [0.25, 0.3) is 5.91 Å². The Balaban J connectivity index is 1.33. The molecule has 208 valence electrons. The summed E-state index contributed by atoms with van der Waals surface area (Å²) in [4.78, 5) is 52.1. The minimum atomic E-state index is -0.816. The fourth-order valence-electron chi connectivity index (χ4n) is 5.69. The number of amides is 4. The van der Waals surface area contributed by atoms with Crippen LogP contribution in [0.3, 0.4) is 0 Å². The smallest absolute Gasteiger partial charge is 0.332 e. The number of carbonyl (C=O) groups excluding carboxylic acids is 3. The quantitative estimate of drug-likeness (QED) is 0.328. The Hall–Kier alpha value is -4.96. The number of hydrogen-bond acceptors (Lipinski definition) is 5. The molecule has 4 aromatic rings. The van der Waals surface area contributed by atoms with Crippen molar-refractivity contribution < 1.29 is 14.4 Å². The molecule has 2 N–H and O–H groups in total. The number of urea groups is 1. The van der Waals surface area contributed by atoms with Crippen molar-refractivity contribution in [1.29, 1.82) is 0 Å². The molecule has 6 rings (SSSR count). The summed E-state index contributed by atoms with van der Waals surface area (Å²) in [5, 5.41) is 6.24. The third-order valence-electron chi connectivity index (χ3n) is 7.60. The van der Waals surface area contributed by atoms with Crippen molar-refractivity contribution in [2.75, 3.05) is 19.6 Å². The van der Waals surface area contributed by atoms with Crippen LogP contribution in [0.4, 0.5) is 4.79 Å². The van der Waals surface area contributed by atoms with Gasteiger partial charge in [-0.25, -0.2) is 9.78 Å². The Labute approximate surface area is 237 Å². The highest BCUT2D eigenvalue weighted by molar-refractivity contribution is 5.92. The van der Waals surface area contributed by atoms with E-state index in [2.05, 4.69) is 21.9 Å². The lowest BCUT2D eigenvalue weighted by Crippen LogP contribution is -2.62. The summed E-state index contributed by atoms with van der Waals surface area (Å²) in [6.07, 6.45) is 2.72. The Morgan fingerprint density at radius 3 is 2.56 bits per heavy atom. The molecular weight excluding hydrogens is 518 g/mol. The lowest BCUT2D eigenvalue weighted by molar-refractivity contribution is -0.158. The van der Waals surface area contributed by atoms with Gasteiger partial charge in [-0.1, -0.05) is 78.9 Å². The average molecular weight is 550 g/mol. The van der Waals surface area contributed by atoms with E-state index in [0.717, 1.165) is 27.7 Å². The first-order valence-electron chi connectivity index (χ1n) is 13.6. The van der Waals surface area contributed by atoms with Crippen molar-refractivity contribution in [3.63, 3.8) is 0 Å². The Morgan fingerprint density at radius 2 is 1.80 bits per heavy atom. The van der Waals surface area contributed by atoms with Crippen LogP contribution in [0.2, 0.25) is 0 Å². The van der Waals surface area contributed by atoms with Crippen LogP contribution in [0, 0.1) is 0 Å². The lowest BCUT2D eigenvalue weighted by Gasteiger charge is -2.46. The molecule has 2 aliphatic rings. The number of fused-ring (bicyclic) bond motifs is 2. The van der Waals surface area contributed by atoms with Gasteiger partial charge < -0.3 is 20.1 Å². The molecule has 2 atom stereocenters. The first-order valence-corrected chi connectivity index (χ1v) is 13.6. The predicted molar refractivity (Wildman–Crippen MR) is 154 cm³/mol. The second kappa shape index (κ2) is 11.3. The van der Waals surface area contributed by atoms with E-state index >= 15 is 0 Å². The number of piperazine rings is 1. The van der Waals surface area contributed by atoms with E-state index in [1.54, 1.807) is 27.2 Å². The number of H-pyrrole nitrogens is 1. The summed E-state index contributed by atoms with van der Waals surface area (Å²) in [5.41, 5.74) is 4.27. The molecule has 0 radical (unpaired) electrons. The van der Waals surface area contributed by atoms with Crippen LogP contribution in [0.15, 0.2) is 97.8 Å². The van der Waals surface area contributed by atoms with E-state index in [4.69, 9.17) is 0 Å². The van der Waals surface area contributed by atoms with Gasteiger partial charge >= 0.3 is 6.03 Å². The zero-order valence-electron chi connectivity index (χ0n) is 22.5. The molecule has 2 aliphatic heterocycles. The standard InChI is InChI=1S/C31H31N7O3/c1-2-16-36(31(41)32-17-22-10-5-3-6-11-22)37-20-27(39)38-26(37)19-35(30(40)29(38)23-12-7-4-8-13-23)18-24-14-9-15-25-28(24)34-21-33-25/h2-15,21,26,29H,1,16-20H2,(H,32,41)(H,33,34)/t26-,29+/m1/s1. The highest BCUT2D eigenvalue weighted by Crippen LogP contribution is 2.36. The number of nitrogens with one attached hydrogen (secondary N) is 2. The zero-order chi connectivity index (χ0) is 28.3. The van der Waals surface area contributed by atoms with Crippen LogP contribution in [0.1, 0.15) is 22.7 Å². The summed E-state index contributed by atoms with van der Waals surface area (Å²) in [6, 6.07) is 23.6. The highest BCUT2D eigenvalue weighted by Gasteiger charge is 2.52. The number of nitrogens with zero attached hydrogens (tertiary/aromatic N) is 5. The van der Waals surface area contributed by atoms with Crippen LogP contribution in [0.25, 0.3) is 11.0 Å². The van der Waals surface area contributed by atoms with E-state index in [-0.39, 0.29) is 37.5 Å². The lowest BCUT2D eigenvalue weighted by atomic mass is 10.00. The summed E-state index contributed by atoms with van der Waals surface area (Å²) >= 11 is 0. The van der Waals surface area contributed by atoms with Crippen molar-refractivity contribution >= 4 is 28.9 Å². The van der Waals surface area contributed by atoms with Gasteiger partial charge in [0.05, 0.1) is 37.0 Å². The number of hydrogen-bond donors (Lipinski definition) is 2. The van der Waals surface area contributed by atoms with Gasteiger partial charge in [0, 0.05) is 13.1 Å². The van der Waals surface area contributed by atoms with Crippen LogP contribution in [0.5, 0.6) is 0 Å². The van der Waals surface area contributed by atoms with Crippen molar-refractivity contribution in [2.24, 2.45) is 0 Å². The molecule has 4 amide bonds. The Bertz CT molecular complexity index is 1570. The number of imidazole rings is 1. The molecule has 41 heavy (non-hydrogen) atoms. The molecule has 0 bridgehead atoms. The SMILES string of the molecule is C=CCN(C(=O)NCc1ccccc1)N1CC(=O)N2[C@@H](c3ccccc3)C(=O)N(Cc3cccc4[nH]cnc34)C[C@@H]21. The molecular formula is C31H31N7O3. The van der Waals surface area contributed by atoms with Crippen LogP contribution < -0.4 is 5.32 Å². The molecule has 10 heteroatoms. The van der Waals surface area contributed by atoms with Crippen molar-refractivity contribution in [1.82, 2.24) is 35.1 Å². The maximum Gasteiger partial charge on any atom is 0.332 e. The van der Waals surface area contributed by atoms with Crippen molar-refractivity contribution in [3.8, 4) is 0 Å². The second-order valence-corrected chi connectivity index (χ2v) is 10.1. The first kappa shape index (κ1) is 26.3. The molecule has 0 aliphatic carbocycles. The van der Waals surface area contributed by atoms with E-state index in [0.29, 0.717) is 13.1 Å².